The van der Waals surface area contributed by atoms with Crippen LogP contribution in [0.2, 0.25) is 0 Å². The largest absolute Gasteiger partial charge is 0.497 e. The van der Waals surface area contributed by atoms with Crippen molar-refractivity contribution in [2.75, 3.05) is 33.3 Å². The van der Waals surface area contributed by atoms with Gasteiger partial charge in [0.2, 0.25) is 0 Å². The maximum absolute atomic E-state index is 14.2. The molecule has 1 aromatic carbocycles. The van der Waals surface area contributed by atoms with Gasteiger partial charge in [-0.25, -0.2) is 4.39 Å². The highest BCUT2D eigenvalue weighted by atomic mass is 19.1. The van der Waals surface area contributed by atoms with Gasteiger partial charge in [0.1, 0.15) is 17.6 Å². The molecule has 2 rings (SSSR count). The number of amides is 1. The number of halogens is 1. The number of ether oxygens (including phenoxy) is 1. The lowest BCUT2D eigenvalue weighted by Crippen LogP contribution is -2.30. The van der Waals surface area contributed by atoms with Crippen molar-refractivity contribution in [1.82, 2.24) is 9.80 Å². The van der Waals surface area contributed by atoms with E-state index in [1.807, 2.05) is 0 Å². The molecule has 1 unspecified atom stereocenters. The maximum atomic E-state index is 14.2. The fraction of sp³-hybridized carbons (Fsp3) is 0.556. The van der Waals surface area contributed by atoms with E-state index in [0.29, 0.717) is 17.9 Å². The topological polar surface area (TPSA) is 56.6 Å². The minimum atomic E-state index is -0.745. The number of hydrogen-bond acceptors (Lipinski definition) is 4. The first-order chi connectivity index (χ1) is 11.6. The third-order valence-corrected chi connectivity index (χ3v) is 4.55. The number of carbonyl (C=O) groups is 1. The zero-order valence-electron chi connectivity index (χ0n) is 14.5. The smallest absolute Gasteiger partial charge is 0.258 e. The van der Waals surface area contributed by atoms with Gasteiger partial charge >= 0.3 is 0 Å². The summed E-state index contributed by atoms with van der Waals surface area (Å²) in [6, 6.07) is 4.15. The predicted molar refractivity (Wildman–Crippen MR) is 89.4 cm³/mol. The van der Waals surface area contributed by atoms with E-state index in [0.717, 1.165) is 32.5 Å². The lowest BCUT2D eigenvalue weighted by Gasteiger charge is -2.22. The van der Waals surface area contributed by atoms with Gasteiger partial charge < -0.3 is 14.5 Å². The fourth-order valence-corrected chi connectivity index (χ4v) is 3.12. The number of unbranched alkanes of at least 4 members (excludes halogenated alkanes) is 1. The quantitative estimate of drug-likeness (QED) is 0.686. The molecule has 0 aromatic heterocycles. The Morgan fingerprint density at radius 3 is 2.62 bits per heavy atom. The van der Waals surface area contributed by atoms with Crippen molar-refractivity contribution in [3.8, 4) is 11.8 Å². The number of rotatable bonds is 8. The summed E-state index contributed by atoms with van der Waals surface area (Å²) in [6.07, 6.45) is 1.72. The van der Waals surface area contributed by atoms with Gasteiger partial charge in [-0.05, 0) is 38.5 Å². The van der Waals surface area contributed by atoms with Crippen LogP contribution in [0, 0.1) is 17.1 Å². The molecule has 1 aliphatic heterocycles. The number of carbonyl (C=O) groups excluding carboxylic acids is 1. The predicted octanol–water partition coefficient (Wildman–Crippen LogP) is 2.98. The van der Waals surface area contributed by atoms with Gasteiger partial charge in [-0.3, -0.25) is 4.79 Å². The van der Waals surface area contributed by atoms with Gasteiger partial charge in [0.15, 0.2) is 0 Å². The first-order valence-corrected chi connectivity index (χ1v) is 8.37. The van der Waals surface area contributed by atoms with Crippen molar-refractivity contribution in [3.05, 3.63) is 29.1 Å². The van der Waals surface area contributed by atoms with Gasteiger partial charge in [-0.1, -0.05) is 13.8 Å². The second-order valence-electron chi connectivity index (χ2n) is 5.84. The van der Waals surface area contributed by atoms with Gasteiger partial charge in [0, 0.05) is 18.2 Å². The second kappa shape index (κ2) is 8.11. The lowest BCUT2D eigenvalue weighted by molar-refractivity contribution is 0.0750. The summed E-state index contributed by atoms with van der Waals surface area (Å²) in [7, 11) is 1.43. The highest BCUT2D eigenvalue weighted by Crippen LogP contribution is 2.37. The summed E-state index contributed by atoms with van der Waals surface area (Å²) >= 11 is 0. The molecule has 1 aromatic rings. The Hall–Kier alpha value is -2.13. The summed E-state index contributed by atoms with van der Waals surface area (Å²) in [5.74, 6) is -0.706. The Balaban J connectivity index is 2.08. The molecule has 130 valence electrons. The van der Waals surface area contributed by atoms with Crippen LogP contribution >= 0.6 is 0 Å². The van der Waals surface area contributed by atoms with Crippen LogP contribution in [-0.2, 0) is 0 Å². The molecule has 5 nitrogen and oxygen atoms in total. The molecule has 24 heavy (non-hydrogen) atoms. The molecule has 6 heteroatoms. The summed E-state index contributed by atoms with van der Waals surface area (Å²) < 4.78 is 19.3. The van der Waals surface area contributed by atoms with E-state index in [9.17, 15) is 14.4 Å². The molecule has 0 aliphatic carbocycles. The van der Waals surface area contributed by atoms with Gasteiger partial charge in [-0.2, -0.15) is 5.26 Å². The zero-order valence-corrected chi connectivity index (χ0v) is 14.5. The van der Waals surface area contributed by atoms with E-state index in [1.165, 1.54) is 18.1 Å². The molecule has 0 spiro atoms. The number of nitrogens with zero attached hydrogens (tertiary/aromatic N) is 3. The maximum Gasteiger partial charge on any atom is 0.258 e. The Morgan fingerprint density at radius 1 is 1.33 bits per heavy atom. The minimum Gasteiger partial charge on any atom is -0.497 e. The highest BCUT2D eigenvalue weighted by molar-refractivity contribution is 6.00. The van der Waals surface area contributed by atoms with Gasteiger partial charge in [0.05, 0.1) is 18.7 Å². The van der Waals surface area contributed by atoms with Crippen LogP contribution in [0.5, 0.6) is 5.75 Å². The molecular formula is C18H24FN3O2. The number of methoxy groups -OCH3 is 1. The van der Waals surface area contributed by atoms with E-state index in [2.05, 4.69) is 24.8 Å². The molecule has 0 bridgehead atoms. The van der Waals surface area contributed by atoms with E-state index in [4.69, 9.17) is 4.74 Å². The van der Waals surface area contributed by atoms with Crippen molar-refractivity contribution in [3.63, 3.8) is 0 Å². The SMILES string of the molecule is CCN(CC)CCCCN1C(=O)c2c(F)cc(OC)cc2C1C#N. The molecule has 1 heterocycles. The van der Waals surface area contributed by atoms with Gasteiger partial charge in [0.25, 0.3) is 5.91 Å². The van der Waals surface area contributed by atoms with E-state index in [-0.39, 0.29) is 5.56 Å². The normalized spacial score (nSPS) is 16.4. The first-order valence-electron chi connectivity index (χ1n) is 8.37. The van der Waals surface area contributed by atoms with Crippen molar-refractivity contribution in [1.29, 1.82) is 5.26 Å². The first kappa shape index (κ1) is 18.2. The Labute approximate surface area is 142 Å². The average Bonchev–Trinajstić information content (AvgIpc) is 2.86. The summed E-state index contributed by atoms with van der Waals surface area (Å²) in [5, 5.41) is 9.46. The number of benzene rings is 1. The molecule has 0 saturated heterocycles. The summed E-state index contributed by atoms with van der Waals surface area (Å²) in [4.78, 5) is 16.3. The Bertz CT molecular complexity index is 638. The number of nitriles is 1. The highest BCUT2D eigenvalue weighted by Gasteiger charge is 2.39. The van der Waals surface area contributed by atoms with E-state index >= 15 is 0 Å². The van der Waals surface area contributed by atoms with E-state index in [1.54, 1.807) is 6.07 Å². The zero-order chi connectivity index (χ0) is 17.7. The fourth-order valence-electron chi connectivity index (χ4n) is 3.12. The Morgan fingerprint density at radius 2 is 2.04 bits per heavy atom. The van der Waals surface area contributed by atoms with Crippen LogP contribution in [-0.4, -0.2) is 49.0 Å². The number of fused-ring (bicyclic) bond motifs is 1. The van der Waals surface area contributed by atoms with Crippen LogP contribution < -0.4 is 4.74 Å². The van der Waals surface area contributed by atoms with Crippen LogP contribution in [0.1, 0.15) is 48.7 Å². The second-order valence-corrected chi connectivity index (χ2v) is 5.84. The van der Waals surface area contributed by atoms with E-state index < -0.39 is 17.8 Å². The molecule has 0 fully saturated rings. The molecular weight excluding hydrogens is 309 g/mol. The molecule has 0 radical (unpaired) electrons. The van der Waals surface area contributed by atoms with Crippen LogP contribution in [0.15, 0.2) is 12.1 Å². The standard InChI is InChI=1S/C18H24FN3O2/c1-4-21(5-2)8-6-7-9-22-16(12-20)14-10-13(24-3)11-15(19)17(14)18(22)23/h10-11,16H,4-9H2,1-3H3. The molecule has 1 aliphatic rings. The number of hydrogen-bond donors (Lipinski definition) is 0. The van der Waals surface area contributed by atoms with Crippen molar-refractivity contribution < 1.29 is 13.9 Å². The molecule has 0 saturated carbocycles. The third kappa shape index (κ3) is 3.51. The average molecular weight is 333 g/mol. The third-order valence-electron chi connectivity index (χ3n) is 4.55. The minimum absolute atomic E-state index is 0.00564. The monoisotopic (exact) mass is 333 g/mol. The molecule has 1 atom stereocenters. The Kier molecular flexibility index (Phi) is 6.16. The van der Waals surface area contributed by atoms with Gasteiger partial charge in [-0.15, -0.1) is 0 Å². The van der Waals surface area contributed by atoms with Crippen LogP contribution in [0.3, 0.4) is 0 Å². The lowest BCUT2D eigenvalue weighted by atomic mass is 10.0. The molecule has 0 N–H and O–H groups in total. The van der Waals surface area contributed by atoms with Crippen molar-refractivity contribution in [2.24, 2.45) is 0 Å². The van der Waals surface area contributed by atoms with Crippen molar-refractivity contribution in [2.45, 2.75) is 32.7 Å². The van der Waals surface area contributed by atoms with Crippen LogP contribution in [0.25, 0.3) is 0 Å². The molecule has 1 amide bonds. The van der Waals surface area contributed by atoms with Crippen LogP contribution in [0.4, 0.5) is 4.39 Å². The van der Waals surface area contributed by atoms with Crippen molar-refractivity contribution >= 4 is 5.91 Å². The summed E-state index contributed by atoms with van der Waals surface area (Å²) in [5.41, 5.74) is 0.411. The summed E-state index contributed by atoms with van der Waals surface area (Å²) in [6.45, 7) is 7.64.